The molecular formula is C11H12ClF3N2O. The summed E-state index contributed by atoms with van der Waals surface area (Å²) in [6, 6.07) is 3.20. The van der Waals surface area contributed by atoms with Gasteiger partial charge in [0.15, 0.2) is 0 Å². The minimum atomic E-state index is -4.33. The summed E-state index contributed by atoms with van der Waals surface area (Å²) in [6.45, 7) is 1.27. The van der Waals surface area contributed by atoms with Crippen LogP contribution < -0.4 is 11.1 Å². The van der Waals surface area contributed by atoms with E-state index in [0.29, 0.717) is 0 Å². The van der Waals surface area contributed by atoms with E-state index in [1.807, 2.05) is 0 Å². The fourth-order valence-electron chi connectivity index (χ4n) is 1.42. The summed E-state index contributed by atoms with van der Waals surface area (Å²) >= 11 is 5.69. The Labute approximate surface area is 107 Å². The molecule has 0 aliphatic rings. The van der Waals surface area contributed by atoms with Crippen molar-refractivity contribution in [1.82, 2.24) is 5.32 Å². The van der Waals surface area contributed by atoms with E-state index in [1.165, 1.54) is 25.1 Å². The number of nitrogens with one attached hydrogen (secondary N) is 1. The van der Waals surface area contributed by atoms with Gasteiger partial charge in [0.2, 0.25) is 0 Å². The van der Waals surface area contributed by atoms with Gasteiger partial charge in [0.25, 0.3) is 5.91 Å². The van der Waals surface area contributed by atoms with Gasteiger partial charge >= 0.3 is 6.18 Å². The van der Waals surface area contributed by atoms with Crippen LogP contribution in [-0.4, -0.2) is 18.1 Å². The predicted molar refractivity (Wildman–Crippen MR) is 63.5 cm³/mol. The van der Waals surface area contributed by atoms with Crippen molar-refractivity contribution in [3.63, 3.8) is 0 Å². The molecule has 7 heteroatoms. The molecular weight excluding hydrogens is 269 g/mol. The average Bonchev–Trinajstić information content (AvgIpc) is 2.18. The van der Waals surface area contributed by atoms with Gasteiger partial charge in [-0.05, 0) is 25.1 Å². The van der Waals surface area contributed by atoms with Gasteiger partial charge in [0.05, 0.1) is 12.0 Å². The normalized spacial score (nSPS) is 13.2. The number of anilines is 1. The van der Waals surface area contributed by atoms with Crippen LogP contribution in [0.1, 0.15) is 23.7 Å². The maximum atomic E-state index is 12.1. The number of amides is 1. The van der Waals surface area contributed by atoms with Crippen molar-refractivity contribution in [3.8, 4) is 0 Å². The minimum absolute atomic E-state index is 0.0662. The van der Waals surface area contributed by atoms with Gasteiger partial charge in [0.1, 0.15) is 0 Å². The number of carbonyl (C=O) groups excluding carboxylic acids is 1. The zero-order chi connectivity index (χ0) is 13.9. The molecule has 0 heterocycles. The number of alkyl halides is 3. The van der Waals surface area contributed by atoms with E-state index >= 15 is 0 Å². The van der Waals surface area contributed by atoms with E-state index in [2.05, 4.69) is 5.32 Å². The molecule has 0 aliphatic carbocycles. The molecule has 0 aromatic heterocycles. The Hall–Kier alpha value is -1.43. The smallest absolute Gasteiger partial charge is 0.391 e. The Bertz CT molecular complexity index is 448. The van der Waals surface area contributed by atoms with Crippen LogP contribution in [0.15, 0.2) is 18.2 Å². The van der Waals surface area contributed by atoms with Crippen molar-refractivity contribution in [2.45, 2.75) is 25.6 Å². The lowest BCUT2D eigenvalue weighted by Crippen LogP contribution is -2.36. The Morgan fingerprint density at radius 1 is 1.50 bits per heavy atom. The van der Waals surface area contributed by atoms with Crippen molar-refractivity contribution in [3.05, 3.63) is 28.8 Å². The van der Waals surface area contributed by atoms with E-state index < -0.39 is 24.5 Å². The Morgan fingerprint density at radius 3 is 2.67 bits per heavy atom. The van der Waals surface area contributed by atoms with Crippen LogP contribution in [0.4, 0.5) is 18.9 Å². The summed E-state index contributed by atoms with van der Waals surface area (Å²) in [7, 11) is 0. The van der Waals surface area contributed by atoms with Crippen molar-refractivity contribution in [2.24, 2.45) is 0 Å². The molecule has 0 saturated heterocycles. The van der Waals surface area contributed by atoms with E-state index in [0.717, 1.165) is 0 Å². The van der Waals surface area contributed by atoms with Crippen LogP contribution in [0.2, 0.25) is 5.02 Å². The number of hydrogen-bond donors (Lipinski definition) is 2. The van der Waals surface area contributed by atoms with Crippen LogP contribution in [0.5, 0.6) is 0 Å². The summed E-state index contributed by atoms with van der Waals surface area (Å²) < 4.78 is 36.3. The number of nitrogens with two attached hydrogens (primary N) is 1. The SMILES string of the molecule is CC(CC(F)(F)F)NC(=O)c1cc(Cl)ccc1N. The highest BCUT2D eigenvalue weighted by Crippen LogP contribution is 2.22. The molecule has 1 rings (SSSR count). The van der Waals surface area contributed by atoms with E-state index in [4.69, 9.17) is 17.3 Å². The maximum Gasteiger partial charge on any atom is 0.391 e. The number of carbonyl (C=O) groups is 1. The fraction of sp³-hybridized carbons (Fsp3) is 0.364. The zero-order valence-electron chi connectivity index (χ0n) is 9.51. The molecule has 0 fully saturated rings. The summed E-state index contributed by atoms with van der Waals surface area (Å²) in [5.41, 5.74) is 5.78. The third-order valence-electron chi connectivity index (χ3n) is 2.18. The number of benzene rings is 1. The second-order valence-corrected chi connectivity index (χ2v) is 4.36. The standard InChI is InChI=1S/C11H12ClF3N2O/c1-6(5-11(13,14)15)17-10(18)8-4-7(12)2-3-9(8)16/h2-4,6H,5,16H2,1H3,(H,17,18). The predicted octanol–water partition coefficient (Wildman–Crippen LogP) is 2.99. The Balaban J connectivity index is 2.74. The lowest BCUT2D eigenvalue weighted by atomic mass is 10.1. The van der Waals surface area contributed by atoms with E-state index in [9.17, 15) is 18.0 Å². The van der Waals surface area contributed by atoms with Crippen molar-refractivity contribution in [2.75, 3.05) is 5.73 Å². The first-order valence-electron chi connectivity index (χ1n) is 5.11. The molecule has 1 aromatic rings. The van der Waals surface area contributed by atoms with E-state index in [1.54, 1.807) is 0 Å². The molecule has 1 unspecified atom stereocenters. The molecule has 1 atom stereocenters. The summed E-state index contributed by atoms with van der Waals surface area (Å²) in [5.74, 6) is -0.674. The monoisotopic (exact) mass is 280 g/mol. The van der Waals surface area contributed by atoms with Gasteiger partial charge in [-0.25, -0.2) is 0 Å². The van der Waals surface area contributed by atoms with Crippen molar-refractivity contribution >= 4 is 23.2 Å². The molecule has 3 N–H and O–H groups in total. The topological polar surface area (TPSA) is 55.1 Å². The van der Waals surface area contributed by atoms with Gasteiger partial charge in [0, 0.05) is 16.8 Å². The average molecular weight is 281 g/mol. The third kappa shape index (κ3) is 4.44. The van der Waals surface area contributed by atoms with Gasteiger partial charge in [-0.2, -0.15) is 13.2 Å². The number of nitrogen functional groups attached to an aromatic ring is 1. The second kappa shape index (κ2) is 5.48. The van der Waals surface area contributed by atoms with Crippen LogP contribution in [-0.2, 0) is 0 Å². The highest BCUT2D eigenvalue weighted by atomic mass is 35.5. The molecule has 0 saturated carbocycles. The first-order valence-corrected chi connectivity index (χ1v) is 5.49. The Morgan fingerprint density at radius 2 is 2.11 bits per heavy atom. The summed E-state index contributed by atoms with van der Waals surface area (Å²) in [5, 5.41) is 2.51. The van der Waals surface area contributed by atoms with Gasteiger partial charge in [-0.15, -0.1) is 0 Å². The highest BCUT2D eigenvalue weighted by Gasteiger charge is 2.30. The second-order valence-electron chi connectivity index (χ2n) is 3.93. The first-order chi connectivity index (χ1) is 8.19. The van der Waals surface area contributed by atoms with Gasteiger partial charge < -0.3 is 11.1 Å². The molecule has 18 heavy (non-hydrogen) atoms. The molecule has 100 valence electrons. The molecule has 0 bridgehead atoms. The summed E-state index contributed by atoms with van der Waals surface area (Å²) in [4.78, 5) is 11.7. The molecule has 3 nitrogen and oxygen atoms in total. The largest absolute Gasteiger partial charge is 0.398 e. The number of halogens is 4. The van der Waals surface area contributed by atoms with Gasteiger partial charge in [-0.1, -0.05) is 11.6 Å². The van der Waals surface area contributed by atoms with E-state index in [-0.39, 0.29) is 16.3 Å². The molecule has 0 spiro atoms. The third-order valence-corrected chi connectivity index (χ3v) is 2.41. The maximum absolute atomic E-state index is 12.1. The molecule has 1 aromatic carbocycles. The number of hydrogen-bond acceptors (Lipinski definition) is 2. The van der Waals surface area contributed by atoms with Crippen LogP contribution >= 0.6 is 11.6 Å². The highest BCUT2D eigenvalue weighted by molar-refractivity contribution is 6.31. The molecule has 1 amide bonds. The van der Waals surface area contributed by atoms with Crippen molar-refractivity contribution in [1.29, 1.82) is 0 Å². The van der Waals surface area contributed by atoms with Crippen LogP contribution in [0, 0.1) is 0 Å². The molecule has 0 radical (unpaired) electrons. The fourth-order valence-corrected chi connectivity index (χ4v) is 1.60. The first kappa shape index (κ1) is 14.6. The van der Waals surface area contributed by atoms with Gasteiger partial charge in [-0.3, -0.25) is 4.79 Å². The van der Waals surface area contributed by atoms with Crippen molar-refractivity contribution < 1.29 is 18.0 Å². The quantitative estimate of drug-likeness (QED) is 0.836. The Kier molecular flexibility index (Phi) is 4.45. The number of rotatable bonds is 3. The minimum Gasteiger partial charge on any atom is -0.398 e. The lowest BCUT2D eigenvalue weighted by molar-refractivity contribution is -0.138. The van der Waals surface area contributed by atoms with Crippen LogP contribution in [0.3, 0.4) is 0 Å². The zero-order valence-corrected chi connectivity index (χ0v) is 10.3. The summed E-state index contributed by atoms with van der Waals surface area (Å²) in [6.07, 6.45) is -5.42. The molecule has 0 aliphatic heterocycles. The lowest BCUT2D eigenvalue weighted by Gasteiger charge is -2.16. The van der Waals surface area contributed by atoms with Crippen LogP contribution in [0.25, 0.3) is 0 Å².